The van der Waals surface area contributed by atoms with Crippen molar-refractivity contribution in [1.82, 2.24) is 4.57 Å². The van der Waals surface area contributed by atoms with E-state index in [1.807, 2.05) is 0 Å². The van der Waals surface area contributed by atoms with Crippen molar-refractivity contribution < 1.29 is 4.39 Å². The molecule has 0 aliphatic rings. The second kappa shape index (κ2) is 2.49. The van der Waals surface area contributed by atoms with Gasteiger partial charge in [-0.15, -0.1) is 0 Å². The topological polar surface area (TPSA) is 4.93 Å². The van der Waals surface area contributed by atoms with E-state index in [0.29, 0.717) is 5.02 Å². The first-order valence-corrected chi connectivity index (χ1v) is 3.97. The van der Waals surface area contributed by atoms with Gasteiger partial charge in [0.25, 0.3) is 0 Å². The van der Waals surface area contributed by atoms with Crippen molar-refractivity contribution in [3.05, 3.63) is 35.2 Å². The van der Waals surface area contributed by atoms with Gasteiger partial charge >= 0.3 is 0 Å². The molecule has 0 amide bonds. The molecule has 2 rings (SSSR count). The van der Waals surface area contributed by atoms with Crippen LogP contribution in [0.1, 0.15) is 0 Å². The third-order valence-electron chi connectivity index (χ3n) is 1.95. The van der Waals surface area contributed by atoms with Crippen LogP contribution in [0.5, 0.6) is 0 Å². The molecule has 62 valence electrons. The van der Waals surface area contributed by atoms with Gasteiger partial charge < -0.3 is 4.57 Å². The Labute approximate surface area is 74.4 Å². The number of nitrogens with zero attached hydrogens (tertiary/aromatic N) is 1. The number of benzene rings is 1. The number of aryl methyl sites for hydroxylation is 1. The lowest BCUT2D eigenvalue weighted by atomic mass is 10.2. The van der Waals surface area contributed by atoms with Crippen LogP contribution in [0.15, 0.2) is 24.3 Å². The standard InChI is InChI=1S/C9H7ClFN/c1-12-8-3-2-7(10)4-6(8)5-9(12)11/h2-5H,1H3. The summed E-state index contributed by atoms with van der Waals surface area (Å²) in [5.41, 5.74) is 0.858. The molecular weight excluding hydrogens is 177 g/mol. The minimum Gasteiger partial charge on any atom is -0.321 e. The van der Waals surface area contributed by atoms with Gasteiger partial charge in [-0.1, -0.05) is 11.6 Å². The van der Waals surface area contributed by atoms with E-state index in [2.05, 4.69) is 0 Å². The number of hydrogen-bond acceptors (Lipinski definition) is 0. The average molecular weight is 184 g/mol. The molecule has 12 heavy (non-hydrogen) atoms. The highest BCUT2D eigenvalue weighted by Crippen LogP contribution is 2.21. The van der Waals surface area contributed by atoms with Gasteiger partial charge in [0.05, 0.1) is 5.52 Å². The molecule has 3 heteroatoms. The van der Waals surface area contributed by atoms with E-state index in [1.165, 1.54) is 10.6 Å². The quantitative estimate of drug-likeness (QED) is 0.592. The van der Waals surface area contributed by atoms with Crippen molar-refractivity contribution in [2.45, 2.75) is 0 Å². The summed E-state index contributed by atoms with van der Waals surface area (Å²) in [6.45, 7) is 0. The molecule has 2 aromatic rings. The van der Waals surface area contributed by atoms with E-state index in [4.69, 9.17) is 11.6 Å². The van der Waals surface area contributed by atoms with Crippen LogP contribution in [-0.4, -0.2) is 4.57 Å². The Morgan fingerprint density at radius 1 is 1.33 bits per heavy atom. The summed E-state index contributed by atoms with van der Waals surface area (Å²) in [4.78, 5) is 0. The molecule has 0 saturated carbocycles. The van der Waals surface area contributed by atoms with Gasteiger partial charge in [-0.2, -0.15) is 4.39 Å². The van der Waals surface area contributed by atoms with Crippen molar-refractivity contribution in [2.75, 3.05) is 0 Å². The van der Waals surface area contributed by atoms with E-state index < -0.39 is 0 Å². The highest BCUT2D eigenvalue weighted by molar-refractivity contribution is 6.31. The summed E-state index contributed by atoms with van der Waals surface area (Å²) in [6.07, 6.45) is 0. The van der Waals surface area contributed by atoms with Gasteiger partial charge in [-0.3, -0.25) is 0 Å². The van der Waals surface area contributed by atoms with Gasteiger partial charge in [0.2, 0.25) is 0 Å². The zero-order chi connectivity index (χ0) is 8.72. The second-order valence-electron chi connectivity index (χ2n) is 2.73. The lowest BCUT2D eigenvalue weighted by molar-refractivity contribution is 0.542. The fraction of sp³-hybridized carbons (Fsp3) is 0.111. The first-order valence-electron chi connectivity index (χ1n) is 3.59. The molecule has 0 radical (unpaired) electrons. The SMILES string of the molecule is Cn1c(F)cc2cc(Cl)ccc21. The monoisotopic (exact) mass is 183 g/mol. The van der Waals surface area contributed by atoms with E-state index in [1.54, 1.807) is 25.2 Å². The van der Waals surface area contributed by atoms with Crippen molar-refractivity contribution in [1.29, 1.82) is 0 Å². The van der Waals surface area contributed by atoms with Crippen molar-refractivity contribution >= 4 is 22.5 Å². The molecule has 1 nitrogen and oxygen atoms in total. The molecule has 0 bridgehead atoms. The van der Waals surface area contributed by atoms with Crippen LogP contribution in [0, 0.1) is 5.95 Å². The van der Waals surface area contributed by atoms with E-state index in [0.717, 1.165) is 10.9 Å². The lowest BCUT2D eigenvalue weighted by Gasteiger charge is -1.95. The first-order chi connectivity index (χ1) is 5.68. The minimum atomic E-state index is -0.243. The number of hydrogen-bond donors (Lipinski definition) is 0. The molecule has 0 N–H and O–H groups in total. The van der Waals surface area contributed by atoms with Gasteiger partial charge in [0, 0.05) is 23.5 Å². The Morgan fingerprint density at radius 2 is 2.08 bits per heavy atom. The smallest absolute Gasteiger partial charge is 0.194 e. The Bertz CT molecular complexity index is 433. The molecule has 0 aliphatic carbocycles. The highest BCUT2D eigenvalue weighted by atomic mass is 35.5. The zero-order valence-corrected chi connectivity index (χ0v) is 7.27. The van der Waals surface area contributed by atoms with Gasteiger partial charge in [0.1, 0.15) is 0 Å². The summed E-state index contributed by atoms with van der Waals surface area (Å²) in [7, 11) is 1.69. The van der Waals surface area contributed by atoms with E-state index in [9.17, 15) is 4.39 Å². The maximum absolute atomic E-state index is 13.0. The Hall–Kier alpha value is -1.02. The van der Waals surface area contributed by atoms with Gasteiger partial charge in [-0.05, 0) is 18.2 Å². The summed E-state index contributed by atoms with van der Waals surface area (Å²) in [5.74, 6) is -0.243. The fourth-order valence-electron chi connectivity index (χ4n) is 1.29. The Kier molecular flexibility index (Phi) is 1.58. The molecule has 0 saturated heterocycles. The third kappa shape index (κ3) is 0.994. The summed E-state index contributed by atoms with van der Waals surface area (Å²) >= 11 is 5.75. The molecule has 0 spiro atoms. The predicted molar refractivity (Wildman–Crippen MR) is 47.9 cm³/mol. The molecule has 0 unspecified atom stereocenters. The molecule has 1 aromatic heterocycles. The number of halogens is 2. The fourth-order valence-corrected chi connectivity index (χ4v) is 1.47. The number of aromatic nitrogens is 1. The third-order valence-corrected chi connectivity index (χ3v) is 2.18. The van der Waals surface area contributed by atoms with Crippen molar-refractivity contribution in [3.8, 4) is 0 Å². The Balaban J connectivity index is 2.87. The van der Waals surface area contributed by atoms with Crippen LogP contribution in [-0.2, 0) is 7.05 Å². The van der Waals surface area contributed by atoms with Crippen LogP contribution in [0.2, 0.25) is 5.02 Å². The van der Waals surface area contributed by atoms with Crippen LogP contribution < -0.4 is 0 Å². The van der Waals surface area contributed by atoms with E-state index in [-0.39, 0.29) is 5.95 Å². The lowest BCUT2D eigenvalue weighted by Crippen LogP contribution is -1.89. The normalized spacial score (nSPS) is 10.9. The maximum atomic E-state index is 13.0. The largest absolute Gasteiger partial charge is 0.321 e. The Morgan fingerprint density at radius 3 is 2.83 bits per heavy atom. The zero-order valence-electron chi connectivity index (χ0n) is 6.51. The van der Waals surface area contributed by atoms with Crippen LogP contribution in [0.4, 0.5) is 4.39 Å². The molecular formula is C9H7ClFN. The van der Waals surface area contributed by atoms with Crippen molar-refractivity contribution in [3.63, 3.8) is 0 Å². The molecule has 1 aromatic carbocycles. The maximum Gasteiger partial charge on any atom is 0.194 e. The number of rotatable bonds is 0. The average Bonchev–Trinajstić information content (AvgIpc) is 2.28. The summed E-state index contributed by atoms with van der Waals surface area (Å²) in [5, 5.41) is 1.47. The molecule has 1 heterocycles. The van der Waals surface area contributed by atoms with Gasteiger partial charge in [0.15, 0.2) is 5.95 Å². The predicted octanol–water partition coefficient (Wildman–Crippen LogP) is 2.97. The molecule has 0 fully saturated rings. The second-order valence-corrected chi connectivity index (χ2v) is 3.17. The van der Waals surface area contributed by atoms with E-state index >= 15 is 0 Å². The van der Waals surface area contributed by atoms with Crippen molar-refractivity contribution in [2.24, 2.45) is 7.05 Å². The molecule has 0 aliphatic heterocycles. The minimum absolute atomic E-state index is 0.243. The summed E-state index contributed by atoms with van der Waals surface area (Å²) in [6, 6.07) is 6.78. The molecule has 0 atom stereocenters. The van der Waals surface area contributed by atoms with Crippen LogP contribution in [0.3, 0.4) is 0 Å². The highest BCUT2D eigenvalue weighted by Gasteiger charge is 2.03. The van der Waals surface area contributed by atoms with Crippen LogP contribution in [0.25, 0.3) is 10.9 Å². The number of fused-ring (bicyclic) bond motifs is 1. The van der Waals surface area contributed by atoms with Crippen LogP contribution >= 0.6 is 11.6 Å². The first kappa shape index (κ1) is 7.62. The summed E-state index contributed by atoms with van der Waals surface area (Å²) < 4.78 is 14.5. The van der Waals surface area contributed by atoms with Gasteiger partial charge in [-0.25, -0.2) is 0 Å².